The number of rotatable bonds is 11. The number of aromatic carboxylic acids is 1. The van der Waals surface area contributed by atoms with Gasteiger partial charge in [-0.1, -0.05) is 24.3 Å². The predicted molar refractivity (Wildman–Crippen MR) is 209 cm³/mol. The topological polar surface area (TPSA) is 196 Å². The van der Waals surface area contributed by atoms with Gasteiger partial charge in [0, 0.05) is 77.6 Å². The van der Waals surface area contributed by atoms with Gasteiger partial charge in [0.15, 0.2) is 5.43 Å². The molecule has 5 aromatic rings. The first kappa shape index (κ1) is 36.8. The maximum absolute atomic E-state index is 13.3. The molecular weight excluding hydrogens is 718 g/mol. The van der Waals surface area contributed by atoms with Crippen LogP contribution in [0, 0.1) is 0 Å². The molecule has 7 rings (SSSR count). The minimum Gasteiger partial charge on any atom is -0.508 e. The summed E-state index contributed by atoms with van der Waals surface area (Å²) in [5.74, 6) is -2.14. The van der Waals surface area contributed by atoms with Gasteiger partial charge in [-0.15, -0.1) is 0 Å². The molecule has 0 bridgehead atoms. The average Bonchev–Trinajstić information content (AvgIpc) is 3.18. The summed E-state index contributed by atoms with van der Waals surface area (Å²) in [4.78, 5) is 77.3. The Morgan fingerprint density at radius 2 is 1.50 bits per heavy atom. The van der Waals surface area contributed by atoms with E-state index < -0.39 is 22.9 Å². The van der Waals surface area contributed by atoms with Crippen molar-refractivity contribution in [3.05, 3.63) is 151 Å². The van der Waals surface area contributed by atoms with Gasteiger partial charge in [-0.3, -0.25) is 19.2 Å². The van der Waals surface area contributed by atoms with Crippen molar-refractivity contribution in [3.63, 3.8) is 0 Å². The summed E-state index contributed by atoms with van der Waals surface area (Å²) in [5, 5.41) is 27.0. The lowest BCUT2D eigenvalue weighted by Gasteiger charge is -2.19. The van der Waals surface area contributed by atoms with Gasteiger partial charge < -0.3 is 34.6 Å². The lowest BCUT2D eigenvalue weighted by molar-refractivity contribution is -0.120. The number of nitrogens with one attached hydrogen (secondary N) is 2. The Hall–Kier alpha value is -7.54. The quantitative estimate of drug-likeness (QED) is 0.0715. The van der Waals surface area contributed by atoms with Crippen LogP contribution in [0.3, 0.4) is 0 Å². The van der Waals surface area contributed by atoms with E-state index in [0.29, 0.717) is 44.9 Å². The minimum absolute atomic E-state index is 0.0440. The van der Waals surface area contributed by atoms with E-state index in [-0.39, 0.29) is 70.3 Å². The van der Waals surface area contributed by atoms with Crippen molar-refractivity contribution < 1.29 is 38.2 Å². The average molecular weight is 752 g/mol. The fourth-order valence-corrected chi connectivity index (χ4v) is 6.59. The number of nitrogens with zero attached hydrogens (tertiary/aromatic N) is 1. The smallest absolute Gasteiger partial charge is 0.336 e. The normalized spacial score (nSPS) is 11.1. The molecule has 2 aliphatic rings. The highest BCUT2D eigenvalue weighted by molar-refractivity contribution is 6.08. The second-order valence-corrected chi connectivity index (χ2v) is 13.3. The zero-order valence-electron chi connectivity index (χ0n) is 30.0. The van der Waals surface area contributed by atoms with E-state index in [0.717, 1.165) is 5.69 Å². The fraction of sp³-hybridized carbons (Fsp3) is 0.116. The van der Waals surface area contributed by atoms with Gasteiger partial charge >= 0.3 is 11.6 Å². The van der Waals surface area contributed by atoms with E-state index >= 15 is 0 Å². The zero-order chi connectivity index (χ0) is 39.7. The number of benzene rings is 5. The summed E-state index contributed by atoms with van der Waals surface area (Å²) in [6.45, 7) is -0.0891. The molecule has 2 heterocycles. The third-order valence-electron chi connectivity index (χ3n) is 9.43. The second-order valence-electron chi connectivity index (χ2n) is 13.3. The van der Waals surface area contributed by atoms with Crippen molar-refractivity contribution in [1.29, 1.82) is 0 Å². The molecular formula is C43H33N3O10. The van der Waals surface area contributed by atoms with Crippen LogP contribution >= 0.6 is 0 Å². The first-order valence-corrected chi connectivity index (χ1v) is 17.3. The molecule has 1 aliphatic heterocycles. The molecule has 0 radical (unpaired) electrons. The molecule has 0 fully saturated rings. The van der Waals surface area contributed by atoms with Crippen LogP contribution in [-0.2, 0) is 24.3 Å². The molecule has 4 N–H and O–H groups in total. The van der Waals surface area contributed by atoms with E-state index in [2.05, 4.69) is 10.6 Å². The van der Waals surface area contributed by atoms with E-state index in [1.165, 1.54) is 48.5 Å². The Labute approximate surface area is 317 Å². The molecule has 0 spiro atoms. The predicted octanol–water partition coefficient (Wildman–Crippen LogP) is 5.74. The largest absolute Gasteiger partial charge is 0.508 e. The molecule has 4 aromatic carbocycles. The molecule has 2 amide bonds. The van der Waals surface area contributed by atoms with Crippen LogP contribution in [0.25, 0.3) is 44.4 Å². The fourth-order valence-electron chi connectivity index (χ4n) is 6.59. The zero-order valence-corrected chi connectivity index (χ0v) is 30.0. The van der Waals surface area contributed by atoms with Crippen LogP contribution < -0.4 is 26.6 Å². The number of phenolic OH excluding ortho intramolecular Hbond substituents is 1. The molecule has 1 aromatic heterocycles. The number of carbonyl (C=O) groups excluding carboxylic acids is 3. The van der Waals surface area contributed by atoms with Gasteiger partial charge in [-0.2, -0.15) is 0 Å². The molecule has 13 nitrogen and oxygen atoms in total. The van der Waals surface area contributed by atoms with Gasteiger partial charge in [0.05, 0.1) is 24.1 Å². The Morgan fingerprint density at radius 3 is 2.23 bits per heavy atom. The highest BCUT2D eigenvalue weighted by Crippen LogP contribution is 2.43. The van der Waals surface area contributed by atoms with Gasteiger partial charge in [-0.05, 0) is 71.3 Å². The van der Waals surface area contributed by atoms with E-state index in [1.54, 1.807) is 36.4 Å². The highest BCUT2D eigenvalue weighted by Gasteiger charge is 2.25. The SMILES string of the molecule is CN(C)c1ccc2c(CC(=O)NCc3ccc(C(=O)NCc4c5oc6cc(O)ccc6c(-c6ccc(C=O)cc6C(=O)O)c-5ccc4=O)cc3)cc(=O)oc2c1. The van der Waals surface area contributed by atoms with Crippen LogP contribution in [0.1, 0.15) is 47.8 Å². The number of carboxylic acid groups (broad SMARTS) is 1. The Balaban J connectivity index is 1.08. The van der Waals surface area contributed by atoms with Crippen LogP contribution in [-0.4, -0.2) is 48.4 Å². The standard InChI is InChI=1S/C43H33N3O10/c1-46(2)27-8-11-29-26(17-39(51)55-36(29)18-27)16-38(50)44-20-23-3-6-25(7-4-23)42(52)45-21-34-35(49)14-13-32-40(30-10-5-24(22-47)15-33(30)43(53)54)31-12-9-28(48)19-37(31)56-41(32)34/h3-15,17-19,22,48H,16,20-21H2,1-2H3,(H,44,50)(H,45,52)(H,53,54). The lowest BCUT2D eigenvalue weighted by atomic mass is 9.88. The third kappa shape index (κ3) is 7.33. The van der Waals surface area contributed by atoms with Crippen molar-refractivity contribution in [2.24, 2.45) is 0 Å². The summed E-state index contributed by atoms with van der Waals surface area (Å²) >= 11 is 0. The Morgan fingerprint density at radius 1 is 0.768 bits per heavy atom. The minimum atomic E-state index is -1.28. The van der Waals surface area contributed by atoms with E-state index in [4.69, 9.17) is 8.83 Å². The van der Waals surface area contributed by atoms with Crippen LogP contribution in [0.15, 0.2) is 115 Å². The lowest BCUT2D eigenvalue weighted by Crippen LogP contribution is -2.27. The van der Waals surface area contributed by atoms with Crippen molar-refractivity contribution in [3.8, 4) is 28.2 Å². The summed E-state index contributed by atoms with van der Waals surface area (Å²) in [7, 11) is 3.74. The van der Waals surface area contributed by atoms with Crippen molar-refractivity contribution in [1.82, 2.24) is 10.6 Å². The number of amides is 2. The molecule has 0 saturated heterocycles. The van der Waals surface area contributed by atoms with Crippen molar-refractivity contribution in [2.75, 3.05) is 19.0 Å². The first-order chi connectivity index (χ1) is 26.9. The number of hydrogen-bond acceptors (Lipinski definition) is 10. The van der Waals surface area contributed by atoms with Crippen molar-refractivity contribution >= 4 is 51.7 Å². The van der Waals surface area contributed by atoms with Gasteiger partial charge in [0.1, 0.15) is 29.0 Å². The van der Waals surface area contributed by atoms with E-state index in [9.17, 15) is 39.0 Å². The van der Waals surface area contributed by atoms with Crippen LogP contribution in [0.4, 0.5) is 5.69 Å². The Bertz CT molecular complexity index is 2800. The number of carboxylic acids is 1. The number of anilines is 1. The highest BCUT2D eigenvalue weighted by atomic mass is 16.4. The maximum atomic E-state index is 13.3. The van der Waals surface area contributed by atoms with Gasteiger partial charge in [-0.25, -0.2) is 9.59 Å². The molecule has 0 unspecified atom stereocenters. The molecule has 1 aliphatic carbocycles. The first-order valence-electron chi connectivity index (χ1n) is 17.3. The molecule has 13 heteroatoms. The molecule has 280 valence electrons. The summed E-state index contributed by atoms with van der Waals surface area (Å²) < 4.78 is 11.5. The molecule has 56 heavy (non-hydrogen) atoms. The summed E-state index contributed by atoms with van der Waals surface area (Å²) in [5.41, 5.74) is 3.03. The molecule has 0 saturated carbocycles. The number of hydrogen-bond donors (Lipinski definition) is 4. The Kier molecular flexibility index (Phi) is 9.90. The van der Waals surface area contributed by atoms with Gasteiger partial charge in [0.2, 0.25) is 5.91 Å². The second kappa shape index (κ2) is 15.1. The summed E-state index contributed by atoms with van der Waals surface area (Å²) in [6.07, 6.45) is 0.497. The number of phenols is 1. The molecule has 0 atom stereocenters. The monoisotopic (exact) mass is 751 g/mol. The van der Waals surface area contributed by atoms with Crippen molar-refractivity contribution in [2.45, 2.75) is 19.5 Å². The van der Waals surface area contributed by atoms with Gasteiger partial charge in [0.25, 0.3) is 5.91 Å². The third-order valence-corrected chi connectivity index (χ3v) is 9.43. The maximum Gasteiger partial charge on any atom is 0.336 e. The van der Waals surface area contributed by atoms with E-state index in [1.807, 2.05) is 31.1 Å². The number of carbonyl (C=O) groups is 4. The van der Waals surface area contributed by atoms with Crippen LogP contribution in [0.5, 0.6) is 5.75 Å². The van der Waals surface area contributed by atoms with Crippen LogP contribution in [0.2, 0.25) is 0 Å². The summed E-state index contributed by atoms with van der Waals surface area (Å²) in [6, 6.07) is 24.6. The number of aromatic hydroxyl groups is 1. The number of aldehydes is 1. The number of fused-ring (bicyclic) bond motifs is 3.